The van der Waals surface area contributed by atoms with E-state index in [-0.39, 0.29) is 6.10 Å². The Bertz CT molecular complexity index is 95.8. The number of aliphatic hydroxyl groups excluding tert-OH is 1. The SMILES string of the molecule is C#CC.OC1CCCCC1. The van der Waals surface area contributed by atoms with Gasteiger partial charge >= 0.3 is 0 Å². The number of aliphatic hydroxyl groups is 1. The van der Waals surface area contributed by atoms with E-state index >= 15 is 0 Å². The lowest BCUT2D eigenvalue weighted by molar-refractivity contribution is 0.130. The highest BCUT2D eigenvalue weighted by atomic mass is 16.3. The van der Waals surface area contributed by atoms with Crippen molar-refractivity contribution in [2.75, 3.05) is 0 Å². The number of terminal acetylenes is 1. The van der Waals surface area contributed by atoms with Crippen molar-refractivity contribution in [3.8, 4) is 12.3 Å². The third-order valence-corrected chi connectivity index (χ3v) is 1.57. The molecule has 1 nitrogen and oxygen atoms in total. The molecule has 0 unspecified atom stereocenters. The van der Waals surface area contributed by atoms with E-state index in [2.05, 4.69) is 12.3 Å². The highest BCUT2D eigenvalue weighted by Gasteiger charge is 2.07. The quantitative estimate of drug-likeness (QED) is 0.510. The van der Waals surface area contributed by atoms with E-state index < -0.39 is 0 Å². The Kier molecular flexibility index (Phi) is 6.32. The van der Waals surface area contributed by atoms with Crippen LogP contribution >= 0.6 is 0 Å². The molecule has 1 heteroatoms. The van der Waals surface area contributed by atoms with Crippen LogP contribution < -0.4 is 0 Å². The third-order valence-electron chi connectivity index (χ3n) is 1.57. The Hall–Kier alpha value is -0.480. The molecule has 1 saturated carbocycles. The Labute approximate surface area is 63.5 Å². The Morgan fingerprint density at radius 3 is 1.90 bits per heavy atom. The van der Waals surface area contributed by atoms with Crippen molar-refractivity contribution in [1.82, 2.24) is 0 Å². The lowest BCUT2D eigenvalue weighted by Crippen LogP contribution is -2.09. The molecule has 1 aliphatic carbocycles. The summed E-state index contributed by atoms with van der Waals surface area (Å²) in [5, 5.41) is 8.91. The molecule has 0 aromatic heterocycles. The molecule has 1 N–H and O–H groups in total. The van der Waals surface area contributed by atoms with Crippen molar-refractivity contribution < 1.29 is 5.11 Å². The largest absolute Gasteiger partial charge is 0.393 e. The molecule has 0 spiro atoms. The van der Waals surface area contributed by atoms with E-state index in [1.807, 2.05) is 0 Å². The predicted octanol–water partition coefficient (Wildman–Crippen LogP) is 1.95. The molecule has 0 saturated heterocycles. The summed E-state index contributed by atoms with van der Waals surface area (Å²) < 4.78 is 0. The van der Waals surface area contributed by atoms with E-state index in [9.17, 15) is 0 Å². The fourth-order valence-corrected chi connectivity index (χ4v) is 1.08. The maximum absolute atomic E-state index is 8.91. The molecular weight excluding hydrogens is 124 g/mol. The van der Waals surface area contributed by atoms with E-state index in [1.165, 1.54) is 19.3 Å². The van der Waals surface area contributed by atoms with Crippen LogP contribution in [0.15, 0.2) is 0 Å². The highest BCUT2D eigenvalue weighted by molar-refractivity contribution is 4.73. The van der Waals surface area contributed by atoms with E-state index in [0.717, 1.165) is 12.8 Å². The second kappa shape index (κ2) is 6.64. The second-order valence-electron chi connectivity index (χ2n) is 2.58. The Balaban J connectivity index is 0.000000236. The molecule has 1 aliphatic rings. The lowest BCUT2D eigenvalue weighted by atomic mass is 9.98. The van der Waals surface area contributed by atoms with Gasteiger partial charge in [-0.05, 0) is 19.8 Å². The Morgan fingerprint density at radius 2 is 1.70 bits per heavy atom. The Morgan fingerprint density at radius 1 is 1.30 bits per heavy atom. The molecule has 58 valence electrons. The maximum Gasteiger partial charge on any atom is 0.0540 e. The molecule has 10 heavy (non-hydrogen) atoms. The fraction of sp³-hybridized carbons (Fsp3) is 0.778. The van der Waals surface area contributed by atoms with Crippen LogP contribution in [0.4, 0.5) is 0 Å². The van der Waals surface area contributed by atoms with Crippen LogP contribution in [0.5, 0.6) is 0 Å². The van der Waals surface area contributed by atoms with Crippen molar-refractivity contribution >= 4 is 0 Å². The summed E-state index contributed by atoms with van der Waals surface area (Å²) >= 11 is 0. The van der Waals surface area contributed by atoms with Crippen molar-refractivity contribution in [2.45, 2.75) is 45.1 Å². The van der Waals surface area contributed by atoms with Gasteiger partial charge in [-0.1, -0.05) is 19.3 Å². The van der Waals surface area contributed by atoms with Gasteiger partial charge in [0.2, 0.25) is 0 Å². The van der Waals surface area contributed by atoms with Crippen molar-refractivity contribution in [1.29, 1.82) is 0 Å². The van der Waals surface area contributed by atoms with E-state index in [1.54, 1.807) is 6.92 Å². The predicted molar refractivity (Wildman–Crippen MR) is 43.6 cm³/mol. The minimum absolute atomic E-state index is 0.0359. The third kappa shape index (κ3) is 5.65. The van der Waals surface area contributed by atoms with Gasteiger partial charge in [-0.15, -0.1) is 12.3 Å². The van der Waals surface area contributed by atoms with Gasteiger partial charge in [0.15, 0.2) is 0 Å². The molecule has 0 bridgehead atoms. The molecule has 1 rings (SSSR count). The van der Waals surface area contributed by atoms with Gasteiger partial charge in [0.25, 0.3) is 0 Å². The summed E-state index contributed by atoms with van der Waals surface area (Å²) in [5.41, 5.74) is 0. The molecule has 0 atom stereocenters. The van der Waals surface area contributed by atoms with Crippen LogP contribution in [0.2, 0.25) is 0 Å². The van der Waals surface area contributed by atoms with Crippen LogP contribution in [0.25, 0.3) is 0 Å². The molecule has 0 heterocycles. The van der Waals surface area contributed by atoms with E-state index in [4.69, 9.17) is 5.11 Å². The smallest absolute Gasteiger partial charge is 0.0540 e. The van der Waals surface area contributed by atoms with Gasteiger partial charge in [-0.2, -0.15) is 0 Å². The van der Waals surface area contributed by atoms with Crippen LogP contribution in [0, 0.1) is 12.3 Å². The topological polar surface area (TPSA) is 20.2 Å². The number of hydrogen-bond acceptors (Lipinski definition) is 1. The normalized spacial score (nSPS) is 18.5. The van der Waals surface area contributed by atoms with Gasteiger partial charge in [0.1, 0.15) is 0 Å². The van der Waals surface area contributed by atoms with Gasteiger partial charge in [0, 0.05) is 0 Å². The van der Waals surface area contributed by atoms with Gasteiger partial charge in [0.05, 0.1) is 6.10 Å². The van der Waals surface area contributed by atoms with Crippen LogP contribution in [-0.4, -0.2) is 11.2 Å². The highest BCUT2D eigenvalue weighted by Crippen LogP contribution is 2.16. The summed E-state index contributed by atoms with van der Waals surface area (Å²) in [4.78, 5) is 0. The van der Waals surface area contributed by atoms with Crippen LogP contribution in [0.1, 0.15) is 39.0 Å². The molecule has 0 amide bonds. The average Bonchev–Trinajstić information content (AvgIpc) is 1.91. The molecule has 0 aliphatic heterocycles. The van der Waals surface area contributed by atoms with E-state index in [0.29, 0.717) is 0 Å². The molecule has 1 fully saturated rings. The first kappa shape index (κ1) is 9.52. The average molecular weight is 140 g/mol. The maximum atomic E-state index is 8.91. The summed E-state index contributed by atoms with van der Waals surface area (Å²) in [6, 6.07) is 0. The van der Waals surface area contributed by atoms with Crippen molar-refractivity contribution in [2.24, 2.45) is 0 Å². The summed E-state index contributed by atoms with van der Waals surface area (Å²) in [7, 11) is 0. The van der Waals surface area contributed by atoms with Crippen molar-refractivity contribution in [3.05, 3.63) is 0 Å². The van der Waals surface area contributed by atoms with Gasteiger partial charge in [-0.3, -0.25) is 0 Å². The number of rotatable bonds is 0. The first-order valence-electron chi connectivity index (χ1n) is 3.86. The second-order valence-corrected chi connectivity index (χ2v) is 2.58. The first-order valence-corrected chi connectivity index (χ1v) is 3.86. The number of hydrogen-bond donors (Lipinski definition) is 1. The summed E-state index contributed by atoms with van der Waals surface area (Å²) in [6.45, 7) is 1.65. The first-order chi connectivity index (χ1) is 4.81. The minimum Gasteiger partial charge on any atom is -0.393 e. The van der Waals surface area contributed by atoms with Gasteiger partial charge < -0.3 is 5.11 Å². The summed E-state index contributed by atoms with van der Waals surface area (Å²) in [5.74, 6) is 2.25. The monoisotopic (exact) mass is 140 g/mol. The van der Waals surface area contributed by atoms with Crippen molar-refractivity contribution in [3.63, 3.8) is 0 Å². The minimum atomic E-state index is 0.0359. The zero-order valence-electron chi connectivity index (χ0n) is 6.64. The standard InChI is InChI=1S/C6H12O.C3H4/c7-6-4-2-1-3-5-6;1-3-2/h6-7H,1-5H2;1H,2H3. The fourth-order valence-electron chi connectivity index (χ4n) is 1.08. The van der Waals surface area contributed by atoms with Crippen LogP contribution in [-0.2, 0) is 0 Å². The summed E-state index contributed by atoms with van der Waals surface area (Å²) in [6.07, 6.45) is 10.5. The molecule has 0 aromatic rings. The molecule has 0 radical (unpaired) electrons. The zero-order valence-corrected chi connectivity index (χ0v) is 6.64. The lowest BCUT2D eigenvalue weighted by Gasteiger charge is -2.14. The molecule has 0 aromatic carbocycles. The van der Waals surface area contributed by atoms with Crippen LogP contribution in [0.3, 0.4) is 0 Å². The molecular formula is C9H16O. The van der Waals surface area contributed by atoms with Gasteiger partial charge in [-0.25, -0.2) is 0 Å². The zero-order chi connectivity index (χ0) is 7.82.